The molecule has 80 heavy (non-hydrogen) atoms. The number of rotatable bonds is 9. The van der Waals surface area contributed by atoms with Gasteiger partial charge in [0.1, 0.15) is 0 Å². The van der Waals surface area contributed by atoms with Gasteiger partial charge in [0.15, 0.2) is 5.78 Å². The molecule has 7 heteroatoms. The molecule has 0 atom stereocenters. The number of carbonyl (C=O) groups excluding carboxylic acids is 1. The van der Waals surface area contributed by atoms with Crippen LogP contribution < -0.4 is 0 Å². The van der Waals surface area contributed by atoms with E-state index in [1.54, 1.807) is 0 Å². The van der Waals surface area contributed by atoms with Crippen molar-refractivity contribution >= 4 is 49.4 Å². The molecule has 0 saturated carbocycles. The van der Waals surface area contributed by atoms with E-state index in [-0.39, 0.29) is 42.5 Å². The van der Waals surface area contributed by atoms with Gasteiger partial charge in [0.2, 0.25) is 0 Å². The van der Waals surface area contributed by atoms with Crippen molar-refractivity contribution in [2.75, 3.05) is 0 Å². The smallest absolute Gasteiger partial charge is 0.155 e. The molecule has 0 unspecified atom stereocenters. The average molecular weight is 1220 g/mol. The van der Waals surface area contributed by atoms with Gasteiger partial charge in [0.05, 0.1) is 27.8 Å². The van der Waals surface area contributed by atoms with Crippen LogP contribution in [-0.2, 0) is 35.7 Å². The van der Waals surface area contributed by atoms with Crippen LogP contribution in [0.25, 0.3) is 99.8 Å². The van der Waals surface area contributed by atoms with E-state index >= 15 is 0 Å². The minimum absolute atomic E-state index is 0. The molecule has 0 spiro atoms. The molecule has 12 aromatic rings. The molecule has 1 N–H and O–H groups in total. The van der Waals surface area contributed by atoms with Gasteiger partial charge >= 0.3 is 0 Å². The fraction of sp³-hybridized carbons (Fsp3) is 0.164. The van der Waals surface area contributed by atoms with E-state index < -0.39 is 0 Å². The maximum atomic E-state index is 10.0. The first kappa shape index (κ1) is 53.5. The summed E-state index contributed by atoms with van der Waals surface area (Å²) in [6.07, 6.45) is 9.07. The number of allylic oxidation sites excluding steroid dienone is 2. The number of hydrogen-bond donors (Lipinski definition) is 1. The zero-order chi connectivity index (χ0) is 54.4. The van der Waals surface area contributed by atoms with Crippen LogP contribution in [0.4, 0.5) is 0 Å². The van der Waals surface area contributed by atoms with Gasteiger partial charge in [-0.15, -0.1) is 58.7 Å². The third-order valence-corrected chi connectivity index (χ3v) is 16.9. The van der Waals surface area contributed by atoms with E-state index in [1.165, 1.54) is 119 Å². The minimum Gasteiger partial charge on any atom is -0.512 e. The Morgan fingerprint density at radius 2 is 0.800 bits per heavy atom. The first-order valence-electron chi connectivity index (χ1n) is 27.7. The van der Waals surface area contributed by atoms with Gasteiger partial charge in [-0.25, -0.2) is 0 Å². The molecule has 397 valence electrons. The van der Waals surface area contributed by atoms with Crippen molar-refractivity contribution in [3.63, 3.8) is 0 Å². The topological polar surface area (TPSA) is 72.9 Å². The van der Waals surface area contributed by atoms with Gasteiger partial charge < -0.3 is 24.2 Å². The Hall–Kier alpha value is -8.48. The second-order valence-electron chi connectivity index (χ2n) is 21.0. The van der Waals surface area contributed by atoms with Crippen molar-refractivity contribution in [1.29, 1.82) is 0 Å². The molecule has 0 aliphatic heterocycles. The molecule has 4 heterocycles. The molecule has 8 aromatic carbocycles. The van der Waals surface area contributed by atoms with Crippen molar-refractivity contribution in [2.45, 2.75) is 78.1 Å². The monoisotopic (exact) mass is 1220 g/mol. The predicted octanol–water partition coefficient (Wildman–Crippen LogP) is 18.5. The third-order valence-electron chi connectivity index (χ3n) is 16.9. The number of carbonyl (C=O) groups is 1. The average Bonchev–Trinajstić information content (AvgIpc) is 4.31. The fourth-order valence-corrected chi connectivity index (χ4v) is 13.2. The fourth-order valence-electron chi connectivity index (χ4n) is 13.2. The summed E-state index contributed by atoms with van der Waals surface area (Å²) in [7, 11) is 0. The number of benzene rings is 8. The van der Waals surface area contributed by atoms with Gasteiger partial charge in [0, 0.05) is 82.3 Å². The second kappa shape index (κ2) is 22.0. The van der Waals surface area contributed by atoms with Crippen LogP contribution in [-0.4, -0.2) is 30.0 Å². The van der Waals surface area contributed by atoms with Gasteiger partial charge in [-0.1, -0.05) is 159 Å². The number of aliphatic hydroxyl groups excluding tert-OH is 1. The molecule has 0 bridgehead atoms. The number of hydrogen-bond acceptors (Lipinski definition) is 4. The summed E-state index contributed by atoms with van der Waals surface area (Å²) in [4.78, 5) is 19.2. The Labute approximate surface area is 482 Å². The van der Waals surface area contributed by atoms with Crippen molar-refractivity contribution in [2.24, 2.45) is 0 Å². The molecule has 14 rings (SSSR count). The number of ketones is 1. The standard InChI is InChI=1S/2C34H27N2.C5H8O2.Ir/c2*1-3-34(4-2)29-21-23(31-13-9-10-20-35-31)16-18-25(29)26-19-17-24(22-30(26)34)36-32-14-7-5-11-27(32)28-12-6-8-15-33(28)36;1-4(6)3-5(2)7;/h2*5-15,17-22H,3-4H2,1-2H3;3,6H,1-2H3;/q2*-1;;/b;;4-3-;. The van der Waals surface area contributed by atoms with Gasteiger partial charge in [-0.3, -0.25) is 4.79 Å². The van der Waals surface area contributed by atoms with Crippen molar-refractivity contribution < 1.29 is 30.0 Å². The van der Waals surface area contributed by atoms with E-state index in [0.29, 0.717) is 0 Å². The molecule has 0 saturated heterocycles. The summed E-state index contributed by atoms with van der Waals surface area (Å²) in [6, 6.07) is 77.3. The van der Waals surface area contributed by atoms with E-state index in [1.807, 2.05) is 36.7 Å². The molecular formula is C73H62IrN4O2-2. The Balaban J connectivity index is 0.000000149. The van der Waals surface area contributed by atoms with E-state index in [0.717, 1.165) is 48.2 Å². The molecule has 6 nitrogen and oxygen atoms in total. The molecule has 1 radical (unpaired) electrons. The number of aliphatic hydroxyl groups is 1. The first-order chi connectivity index (χ1) is 38.6. The SMILES string of the molecule is CC(=O)/C=C(/C)O.CCC1(CC)c2cc(-c3ccccn3)[c-]cc2-c2ccc(-n3c4ccccc4c4ccccc43)cc21.CCC1(CC)c2cc(-c3ccccn3)[c-]cc2-c2ccc(-n3c4ccccc4c4ccccc43)cc21.[Ir]. The zero-order valence-corrected chi connectivity index (χ0v) is 48.4. The van der Waals surface area contributed by atoms with Crippen molar-refractivity contribution in [1.82, 2.24) is 19.1 Å². The maximum absolute atomic E-state index is 10.0. The van der Waals surface area contributed by atoms with Crippen molar-refractivity contribution in [3.05, 3.63) is 253 Å². The van der Waals surface area contributed by atoms with Crippen LogP contribution in [0.2, 0.25) is 0 Å². The normalized spacial score (nSPS) is 13.3. The van der Waals surface area contributed by atoms with Crippen LogP contribution in [0.15, 0.2) is 218 Å². The molecule has 4 aromatic heterocycles. The number of fused-ring (bicyclic) bond motifs is 12. The third kappa shape index (κ3) is 8.90. The van der Waals surface area contributed by atoms with Crippen LogP contribution in [0.3, 0.4) is 0 Å². The van der Waals surface area contributed by atoms with Crippen LogP contribution >= 0.6 is 0 Å². The summed E-state index contributed by atoms with van der Waals surface area (Å²) >= 11 is 0. The van der Waals surface area contributed by atoms with Crippen LogP contribution in [0.5, 0.6) is 0 Å². The Morgan fingerprint density at radius 1 is 0.463 bits per heavy atom. The number of para-hydroxylation sites is 4. The molecule has 0 fully saturated rings. The van der Waals surface area contributed by atoms with Crippen molar-refractivity contribution in [3.8, 4) is 56.1 Å². The molecule has 2 aliphatic rings. The predicted molar refractivity (Wildman–Crippen MR) is 326 cm³/mol. The quantitative estimate of drug-likeness (QED) is 0.0888. The molecular weight excluding hydrogens is 1160 g/mol. The number of nitrogens with zero attached hydrogens (tertiary/aromatic N) is 4. The van der Waals surface area contributed by atoms with Crippen LogP contribution in [0, 0.1) is 12.1 Å². The zero-order valence-electron chi connectivity index (χ0n) is 46.0. The van der Waals surface area contributed by atoms with Gasteiger partial charge in [-0.2, -0.15) is 0 Å². The maximum Gasteiger partial charge on any atom is 0.155 e. The first-order valence-corrected chi connectivity index (χ1v) is 27.7. The summed E-state index contributed by atoms with van der Waals surface area (Å²) in [5, 5.41) is 13.5. The van der Waals surface area contributed by atoms with E-state index in [9.17, 15) is 4.79 Å². The van der Waals surface area contributed by atoms with E-state index in [2.05, 4.69) is 229 Å². The number of pyridine rings is 2. The Kier molecular flexibility index (Phi) is 14.7. The summed E-state index contributed by atoms with van der Waals surface area (Å²) in [5.74, 6) is -0.0625. The Bertz CT molecular complexity index is 3940. The van der Waals surface area contributed by atoms with Crippen LogP contribution in [0.1, 0.15) is 89.5 Å². The summed E-state index contributed by atoms with van der Waals surface area (Å²) in [6.45, 7) is 12.2. The number of aromatic nitrogens is 4. The van der Waals surface area contributed by atoms with Gasteiger partial charge in [0.25, 0.3) is 0 Å². The molecule has 2 aliphatic carbocycles. The molecule has 0 amide bonds. The summed E-state index contributed by atoms with van der Waals surface area (Å²) < 4.78 is 4.85. The second-order valence-corrected chi connectivity index (χ2v) is 21.0. The Morgan fingerprint density at radius 3 is 1.10 bits per heavy atom. The summed E-state index contributed by atoms with van der Waals surface area (Å²) in [5.41, 5.74) is 22.4. The van der Waals surface area contributed by atoms with E-state index in [4.69, 9.17) is 5.11 Å². The largest absolute Gasteiger partial charge is 0.512 e. The minimum atomic E-state index is -0.125. The van der Waals surface area contributed by atoms with Gasteiger partial charge in [-0.05, 0) is 123 Å².